The first-order chi connectivity index (χ1) is 5.20. The Morgan fingerprint density at radius 2 is 2.00 bits per heavy atom. The lowest BCUT2D eigenvalue weighted by Gasteiger charge is -2.26. The third kappa shape index (κ3) is 1.01. The van der Waals surface area contributed by atoms with Crippen molar-refractivity contribution in [2.75, 3.05) is 0 Å². The molecule has 11 heavy (non-hydrogen) atoms. The maximum absolute atomic E-state index is 2.74. The molecule has 2 unspecified atom stereocenters. The van der Waals surface area contributed by atoms with Gasteiger partial charge in [-0.1, -0.05) is 6.92 Å². The first-order valence-corrected chi connectivity index (χ1v) is 4.97. The van der Waals surface area contributed by atoms with Gasteiger partial charge in [0.05, 0.1) is 0 Å². The van der Waals surface area contributed by atoms with Crippen molar-refractivity contribution in [3.8, 4) is 0 Å². The molecular weight excluding hydrogens is 134 g/mol. The highest BCUT2D eigenvalue weighted by Gasteiger charge is 2.44. The lowest BCUT2D eigenvalue weighted by molar-refractivity contribution is 0.191. The van der Waals surface area contributed by atoms with Gasteiger partial charge in [0.15, 0.2) is 0 Å². The predicted molar refractivity (Wildman–Crippen MR) is 47.6 cm³/mol. The van der Waals surface area contributed by atoms with E-state index in [2.05, 4.69) is 25.7 Å². The summed E-state index contributed by atoms with van der Waals surface area (Å²) >= 11 is 0. The summed E-state index contributed by atoms with van der Waals surface area (Å²) in [4.78, 5) is 2.74. The Labute approximate surface area is 69.8 Å². The number of rotatable bonds is 1. The van der Waals surface area contributed by atoms with Gasteiger partial charge in [-0.15, -0.1) is 0 Å². The fraction of sp³-hybridized carbons (Fsp3) is 1.00. The minimum absolute atomic E-state index is 0.775. The van der Waals surface area contributed by atoms with E-state index >= 15 is 0 Å². The first kappa shape index (κ1) is 7.60. The van der Waals surface area contributed by atoms with E-state index in [1.807, 2.05) is 0 Å². The van der Waals surface area contributed by atoms with E-state index in [0.29, 0.717) is 0 Å². The minimum atomic E-state index is 0.775. The highest BCUT2D eigenvalue weighted by atomic mass is 15.3. The maximum atomic E-state index is 2.74. The smallest absolute Gasteiger partial charge is 0.0128 e. The molecule has 1 heteroatoms. The van der Waals surface area contributed by atoms with Crippen molar-refractivity contribution < 1.29 is 0 Å². The fourth-order valence-electron chi connectivity index (χ4n) is 3.14. The first-order valence-electron chi connectivity index (χ1n) is 4.97. The van der Waals surface area contributed by atoms with Crippen LogP contribution in [0.3, 0.4) is 0 Å². The van der Waals surface area contributed by atoms with Crippen LogP contribution in [-0.4, -0.2) is 23.0 Å². The number of hydrogen-bond acceptors (Lipinski definition) is 1. The highest BCUT2D eigenvalue weighted by Crippen LogP contribution is 2.42. The summed E-state index contributed by atoms with van der Waals surface area (Å²) in [5.41, 5.74) is 0. The van der Waals surface area contributed by atoms with E-state index in [9.17, 15) is 0 Å². The van der Waals surface area contributed by atoms with Gasteiger partial charge in [-0.05, 0) is 39.0 Å². The molecule has 2 aliphatic heterocycles. The van der Waals surface area contributed by atoms with Crippen molar-refractivity contribution in [2.45, 2.75) is 58.2 Å². The van der Waals surface area contributed by atoms with Crippen LogP contribution in [0.1, 0.15) is 40.0 Å². The minimum Gasteiger partial charge on any atom is -0.295 e. The zero-order chi connectivity index (χ0) is 8.01. The summed E-state index contributed by atoms with van der Waals surface area (Å²) in [5.74, 6) is 0.969. The van der Waals surface area contributed by atoms with E-state index in [0.717, 1.165) is 24.0 Å². The predicted octanol–water partition coefficient (Wildman–Crippen LogP) is 2.27. The summed E-state index contributed by atoms with van der Waals surface area (Å²) in [5, 5.41) is 0. The molecule has 64 valence electrons. The molecule has 0 aromatic carbocycles. The molecule has 0 amide bonds. The van der Waals surface area contributed by atoms with Crippen molar-refractivity contribution in [3.63, 3.8) is 0 Å². The molecule has 3 atom stereocenters. The van der Waals surface area contributed by atoms with E-state index in [-0.39, 0.29) is 0 Å². The Hall–Kier alpha value is -0.0400. The van der Waals surface area contributed by atoms with Gasteiger partial charge in [-0.2, -0.15) is 0 Å². The molecule has 2 saturated heterocycles. The van der Waals surface area contributed by atoms with E-state index in [1.54, 1.807) is 0 Å². The second-order valence-electron chi connectivity index (χ2n) is 4.55. The normalized spacial score (nSPS) is 44.2. The molecule has 2 aliphatic rings. The molecule has 0 aromatic rings. The molecule has 0 spiro atoms. The van der Waals surface area contributed by atoms with Gasteiger partial charge >= 0.3 is 0 Å². The molecule has 0 aromatic heterocycles. The number of hydrogen-bond donors (Lipinski definition) is 0. The van der Waals surface area contributed by atoms with Crippen LogP contribution in [0.2, 0.25) is 0 Å². The van der Waals surface area contributed by atoms with Crippen LogP contribution in [0.5, 0.6) is 0 Å². The monoisotopic (exact) mass is 153 g/mol. The Bertz CT molecular complexity index is 153. The van der Waals surface area contributed by atoms with E-state index in [1.165, 1.54) is 19.3 Å². The zero-order valence-corrected chi connectivity index (χ0v) is 7.88. The standard InChI is InChI=1S/C10H19N/c1-7(2)11-9-4-5-10(11)8(3)6-9/h7-10H,4-6H2,1-3H3/t8-,9?,10?/m1/s1. The van der Waals surface area contributed by atoms with Gasteiger partial charge in [0.2, 0.25) is 0 Å². The molecule has 2 heterocycles. The topological polar surface area (TPSA) is 3.24 Å². The molecule has 0 saturated carbocycles. The summed E-state index contributed by atoms with van der Waals surface area (Å²) in [6.45, 7) is 7.09. The Kier molecular flexibility index (Phi) is 1.71. The largest absolute Gasteiger partial charge is 0.295 e. The summed E-state index contributed by atoms with van der Waals surface area (Å²) in [7, 11) is 0. The van der Waals surface area contributed by atoms with Crippen LogP contribution >= 0.6 is 0 Å². The third-order valence-corrected chi connectivity index (χ3v) is 3.50. The van der Waals surface area contributed by atoms with Crippen LogP contribution in [-0.2, 0) is 0 Å². The summed E-state index contributed by atoms with van der Waals surface area (Å²) < 4.78 is 0. The lowest BCUT2D eigenvalue weighted by atomic mass is 9.91. The van der Waals surface area contributed by atoms with Crippen molar-refractivity contribution in [3.05, 3.63) is 0 Å². The number of fused-ring (bicyclic) bond motifs is 2. The Morgan fingerprint density at radius 1 is 1.27 bits per heavy atom. The van der Waals surface area contributed by atoms with E-state index in [4.69, 9.17) is 0 Å². The average molecular weight is 153 g/mol. The fourth-order valence-corrected chi connectivity index (χ4v) is 3.14. The maximum Gasteiger partial charge on any atom is 0.0128 e. The van der Waals surface area contributed by atoms with Gasteiger partial charge in [-0.25, -0.2) is 0 Å². The molecule has 2 fully saturated rings. The highest BCUT2D eigenvalue weighted by molar-refractivity contribution is 4.99. The van der Waals surface area contributed by atoms with Crippen LogP contribution in [0.15, 0.2) is 0 Å². The van der Waals surface area contributed by atoms with Crippen LogP contribution in [0.25, 0.3) is 0 Å². The SMILES string of the molecule is CC(C)N1C2CCC1[C@H](C)C2. The molecule has 0 aliphatic carbocycles. The van der Waals surface area contributed by atoms with Crippen molar-refractivity contribution in [1.29, 1.82) is 0 Å². The van der Waals surface area contributed by atoms with Gasteiger partial charge in [0.25, 0.3) is 0 Å². The lowest BCUT2D eigenvalue weighted by Crippen LogP contribution is -2.35. The average Bonchev–Trinajstić information content (AvgIpc) is 2.41. The molecule has 1 nitrogen and oxygen atoms in total. The van der Waals surface area contributed by atoms with Gasteiger partial charge in [0, 0.05) is 18.1 Å². The number of nitrogens with zero attached hydrogens (tertiary/aromatic N) is 1. The molecule has 0 N–H and O–H groups in total. The Balaban J connectivity index is 2.13. The molecule has 2 bridgehead atoms. The van der Waals surface area contributed by atoms with Gasteiger partial charge < -0.3 is 0 Å². The van der Waals surface area contributed by atoms with Crippen molar-refractivity contribution in [1.82, 2.24) is 4.90 Å². The zero-order valence-electron chi connectivity index (χ0n) is 7.88. The molecular formula is C10H19N. The summed E-state index contributed by atoms with van der Waals surface area (Å²) in [6.07, 6.45) is 4.39. The van der Waals surface area contributed by atoms with Gasteiger partial charge in [0.1, 0.15) is 0 Å². The molecule has 2 rings (SSSR count). The van der Waals surface area contributed by atoms with Crippen LogP contribution < -0.4 is 0 Å². The van der Waals surface area contributed by atoms with Crippen LogP contribution in [0, 0.1) is 5.92 Å². The van der Waals surface area contributed by atoms with Crippen LogP contribution in [0.4, 0.5) is 0 Å². The quantitative estimate of drug-likeness (QED) is 0.558. The van der Waals surface area contributed by atoms with Crippen molar-refractivity contribution >= 4 is 0 Å². The second-order valence-corrected chi connectivity index (χ2v) is 4.55. The van der Waals surface area contributed by atoms with E-state index < -0.39 is 0 Å². The second kappa shape index (κ2) is 2.48. The Morgan fingerprint density at radius 3 is 2.27 bits per heavy atom. The van der Waals surface area contributed by atoms with Gasteiger partial charge in [-0.3, -0.25) is 4.90 Å². The van der Waals surface area contributed by atoms with Crippen molar-refractivity contribution in [2.24, 2.45) is 5.92 Å². The third-order valence-electron chi connectivity index (χ3n) is 3.50. The molecule has 0 radical (unpaired) electrons. The summed E-state index contributed by atoms with van der Waals surface area (Å²) in [6, 6.07) is 2.65.